The van der Waals surface area contributed by atoms with Crippen LogP contribution in [-0.2, 0) is 0 Å². The van der Waals surface area contributed by atoms with Gasteiger partial charge < -0.3 is 0 Å². The van der Waals surface area contributed by atoms with Crippen LogP contribution in [0.5, 0.6) is 0 Å². The highest BCUT2D eigenvalue weighted by molar-refractivity contribution is 5.26. The molecule has 0 atom stereocenters. The van der Waals surface area contributed by atoms with Crippen LogP contribution in [0.3, 0.4) is 0 Å². The molecule has 0 aliphatic heterocycles. The highest BCUT2D eigenvalue weighted by Gasteiger charge is 2.32. The first kappa shape index (κ1) is 25.4. The molecule has 0 aromatic heterocycles. The zero-order chi connectivity index (χ0) is 24.0. The summed E-state index contributed by atoms with van der Waals surface area (Å²) in [7, 11) is 0. The molecular weight excluding hydrogens is 420 g/mol. The first-order valence-electron chi connectivity index (χ1n) is 15.6. The first-order chi connectivity index (χ1) is 17.2. The lowest BCUT2D eigenvalue weighted by molar-refractivity contribution is 0.162. The Morgan fingerprint density at radius 3 is 1.83 bits per heavy atom. The van der Waals surface area contributed by atoms with Gasteiger partial charge in [-0.15, -0.1) is 0 Å². The second-order valence-electron chi connectivity index (χ2n) is 13.1. The minimum atomic E-state index is 0.726. The molecule has 0 heteroatoms. The lowest BCUT2D eigenvalue weighted by Gasteiger charge is -2.38. The van der Waals surface area contributed by atoms with Gasteiger partial charge in [-0.2, -0.15) is 0 Å². The second kappa shape index (κ2) is 12.3. The highest BCUT2D eigenvalue weighted by atomic mass is 14.4. The van der Waals surface area contributed by atoms with E-state index in [-0.39, 0.29) is 0 Å². The van der Waals surface area contributed by atoms with E-state index in [1.54, 1.807) is 11.1 Å². The van der Waals surface area contributed by atoms with Gasteiger partial charge in [0.1, 0.15) is 0 Å². The van der Waals surface area contributed by atoms with Crippen molar-refractivity contribution in [2.75, 3.05) is 0 Å². The summed E-state index contributed by atoms with van der Waals surface area (Å²) in [5.74, 6) is 6.55. The van der Waals surface area contributed by atoms with Crippen molar-refractivity contribution in [2.24, 2.45) is 41.4 Å². The van der Waals surface area contributed by atoms with Crippen molar-refractivity contribution in [3.63, 3.8) is 0 Å². The molecular formula is C35H52. The number of hydrogen-bond acceptors (Lipinski definition) is 0. The third kappa shape index (κ3) is 6.53. The van der Waals surface area contributed by atoms with Crippen LogP contribution in [0.15, 0.2) is 59.8 Å². The summed E-state index contributed by atoms with van der Waals surface area (Å²) in [6.45, 7) is 6.89. The molecule has 0 unspecified atom stereocenters. The topological polar surface area (TPSA) is 0 Å². The van der Waals surface area contributed by atoms with E-state index in [9.17, 15) is 0 Å². The van der Waals surface area contributed by atoms with E-state index in [2.05, 4.69) is 50.0 Å². The van der Waals surface area contributed by atoms with Gasteiger partial charge in [0.15, 0.2) is 0 Å². The average Bonchev–Trinajstić information content (AvgIpc) is 3.64. The normalized spacial score (nSPS) is 37.2. The zero-order valence-electron chi connectivity index (χ0n) is 22.7. The van der Waals surface area contributed by atoms with E-state index >= 15 is 0 Å². The predicted molar refractivity (Wildman–Crippen MR) is 152 cm³/mol. The summed E-state index contributed by atoms with van der Waals surface area (Å²) in [5.41, 5.74) is 4.72. The fraction of sp³-hybridized carbons (Fsp3) is 0.714. The SMILES string of the molecule is C=C(/C=C\C=C(/C)C1CCC(C2CCCC2)CC1)C1CCC(C2CCC(C3=CC=CC3)CC2)CC1. The Morgan fingerprint density at radius 1 is 0.714 bits per heavy atom. The van der Waals surface area contributed by atoms with Crippen molar-refractivity contribution < 1.29 is 0 Å². The van der Waals surface area contributed by atoms with Crippen LogP contribution in [0.1, 0.15) is 116 Å². The van der Waals surface area contributed by atoms with Gasteiger partial charge in [-0.1, -0.05) is 85.4 Å². The fourth-order valence-corrected chi connectivity index (χ4v) is 8.76. The third-order valence-electron chi connectivity index (χ3n) is 11.2. The highest BCUT2D eigenvalue weighted by Crippen LogP contribution is 2.45. The Morgan fingerprint density at radius 2 is 1.26 bits per heavy atom. The molecule has 0 bridgehead atoms. The van der Waals surface area contributed by atoms with E-state index in [0.29, 0.717) is 0 Å². The molecule has 5 aliphatic rings. The zero-order valence-corrected chi connectivity index (χ0v) is 22.7. The van der Waals surface area contributed by atoms with Crippen molar-refractivity contribution in [2.45, 2.75) is 116 Å². The maximum Gasteiger partial charge on any atom is -0.0130 e. The molecule has 5 rings (SSSR count). The molecule has 0 aromatic carbocycles. The Hall–Kier alpha value is -1.30. The minimum absolute atomic E-state index is 0.726. The summed E-state index contributed by atoms with van der Waals surface area (Å²) < 4.78 is 0. The van der Waals surface area contributed by atoms with Gasteiger partial charge in [-0.05, 0) is 132 Å². The Bertz CT molecular complexity index is 804. The molecule has 0 spiro atoms. The Balaban J connectivity index is 1.01. The van der Waals surface area contributed by atoms with E-state index in [1.807, 2.05) is 0 Å². The maximum atomic E-state index is 4.51. The first-order valence-corrected chi connectivity index (χ1v) is 15.6. The van der Waals surface area contributed by atoms with Gasteiger partial charge >= 0.3 is 0 Å². The number of rotatable bonds is 7. The average molecular weight is 473 g/mol. The van der Waals surface area contributed by atoms with Gasteiger partial charge in [0, 0.05) is 0 Å². The molecule has 0 heterocycles. The standard InChI is InChI=1S/C35H52/c1-26(28-14-18-32(19-15-28)30-10-3-4-11-30)8-7-9-27(2)29-16-20-34(21-17-29)35-24-22-33(23-25-35)31-12-5-6-13-31/h5-9,12,28-30,32-35H,2-4,10-11,13-25H2,1H3/b9-7-,26-8+. The van der Waals surface area contributed by atoms with Gasteiger partial charge in [-0.3, -0.25) is 0 Å². The largest absolute Gasteiger partial charge is 0.0955 e. The summed E-state index contributed by atoms with van der Waals surface area (Å²) in [6, 6.07) is 0. The molecule has 4 saturated carbocycles. The van der Waals surface area contributed by atoms with Gasteiger partial charge in [0.25, 0.3) is 0 Å². The number of hydrogen-bond donors (Lipinski definition) is 0. The molecule has 0 radical (unpaired) electrons. The second-order valence-corrected chi connectivity index (χ2v) is 13.1. The molecule has 192 valence electrons. The summed E-state index contributed by atoms with van der Waals surface area (Å²) in [4.78, 5) is 0. The van der Waals surface area contributed by atoms with E-state index in [4.69, 9.17) is 0 Å². The van der Waals surface area contributed by atoms with Crippen LogP contribution >= 0.6 is 0 Å². The molecule has 0 nitrogen and oxygen atoms in total. The van der Waals surface area contributed by atoms with Crippen molar-refractivity contribution in [1.29, 1.82) is 0 Å². The van der Waals surface area contributed by atoms with Gasteiger partial charge in [0.05, 0.1) is 0 Å². The molecule has 4 fully saturated rings. The Labute approximate surface area is 217 Å². The van der Waals surface area contributed by atoms with Crippen molar-refractivity contribution in [3.05, 3.63) is 59.8 Å². The predicted octanol–water partition coefficient (Wildman–Crippen LogP) is 10.5. The number of allylic oxidation sites excluding steroid dienone is 9. The van der Waals surface area contributed by atoms with Crippen LogP contribution in [0.4, 0.5) is 0 Å². The lowest BCUT2D eigenvalue weighted by Crippen LogP contribution is -2.26. The molecule has 0 saturated heterocycles. The molecule has 0 N–H and O–H groups in total. The minimum Gasteiger partial charge on any atom is -0.0955 e. The molecule has 35 heavy (non-hydrogen) atoms. The van der Waals surface area contributed by atoms with Crippen LogP contribution < -0.4 is 0 Å². The quantitative estimate of drug-likeness (QED) is 0.323. The van der Waals surface area contributed by atoms with Crippen molar-refractivity contribution in [1.82, 2.24) is 0 Å². The van der Waals surface area contributed by atoms with Crippen molar-refractivity contribution >= 4 is 0 Å². The van der Waals surface area contributed by atoms with Crippen molar-refractivity contribution in [3.8, 4) is 0 Å². The van der Waals surface area contributed by atoms with Crippen LogP contribution in [0.2, 0.25) is 0 Å². The smallest absolute Gasteiger partial charge is 0.0130 e. The monoisotopic (exact) mass is 472 g/mol. The summed E-state index contributed by atoms with van der Waals surface area (Å²) in [5, 5.41) is 0. The molecule has 0 aromatic rings. The Kier molecular flexibility index (Phi) is 8.91. The van der Waals surface area contributed by atoms with Crippen LogP contribution in [0, 0.1) is 41.4 Å². The molecule has 5 aliphatic carbocycles. The van der Waals surface area contributed by atoms with E-state index < -0.39 is 0 Å². The van der Waals surface area contributed by atoms with Crippen LogP contribution in [-0.4, -0.2) is 0 Å². The summed E-state index contributed by atoms with van der Waals surface area (Å²) >= 11 is 0. The summed E-state index contributed by atoms with van der Waals surface area (Å²) in [6.07, 6.45) is 38.7. The molecule has 0 amide bonds. The van der Waals surface area contributed by atoms with E-state index in [1.165, 1.54) is 115 Å². The van der Waals surface area contributed by atoms with Gasteiger partial charge in [0.2, 0.25) is 0 Å². The van der Waals surface area contributed by atoms with Crippen LogP contribution in [0.25, 0.3) is 0 Å². The third-order valence-corrected chi connectivity index (χ3v) is 11.2. The van der Waals surface area contributed by atoms with E-state index in [0.717, 1.165) is 41.4 Å². The van der Waals surface area contributed by atoms with Gasteiger partial charge in [-0.25, -0.2) is 0 Å². The lowest BCUT2D eigenvalue weighted by atomic mass is 9.67. The maximum absolute atomic E-state index is 4.51. The fourth-order valence-electron chi connectivity index (χ4n) is 8.76.